The highest BCUT2D eigenvalue weighted by atomic mass is 19.1. The molecule has 0 fully saturated rings. The van der Waals surface area contributed by atoms with E-state index in [4.69, 9.17) is 4.74 Å². The van der Waals surface area contributed by atoms with Crippen LogP contribution < -0.4 is 10.1 Å². The number of anilines is 1. The monoisotopic (exact) mass is 379 g/mol. The van der Waals surface area contributed by atoms with E-state index in [1.165, 1.54) is 48.7 Å². The fraction of sp³-hybridized carbons (Fsp3) is 0. The minimum atomic E-state index is -0.489. The predicted octanol–water partition coefficient (Wildman–Crippen LogP) is 4.57. The molecule has 0 atom stereocenters. The molecule has 140 valence electrons. The van der Waals surface area contributed by atoms with Crippen LogP contribution in [-0.4, -0.2) is 15.8 Å². The van der Waals surface area contributed by atoms with Crippen LogP contribution in [0.25, 0.3) is 6.08 Å². The molecular formula is C20H14FN3O4. The molecule has 7 nitrogen and oxygen atoms in total. The van der Waals surface area contributed by atoms with Gasteiger partial charge in [-0.3, -0.25) is 14.9 Å². The molecule has 28 heavy (non-hydrogen) atoms. The van der Waals surface area contributed by atoms with Crippen LogP contribution in [0.3, 0.4) is 0 Å². The number of aromatic nitrogens is 1. The number of hydrogen-bond donors (Lipinski definition) is 1. The van der Waals surface area contributed by atoms with Crippen molar-refractivity contribution in [2.24, 2.45) is 0 Å². The molecule has 2 aromatic carbocycles. The zero-order chi connectivity index (χ0) is 19.9. The smallest absolute Gasteiger partial charge is 0.269 e. The maximum absolute atomic E-state index is 12.9. The number of hydrogen-bond acceptors (Lipinski definition) is 5. The lowest BCUT2D eigenvalue weighted by atomic mass is 10.2. The van der Waals surface area contributed by atoms with Crippen LogP contribution in [0.1, 0.15) is 5.56 Å². The van der Waals surface area contributed by atoms with E-state index in [0.29, 0.717) is 22.9 Å². The summed E-state index contributed by atoms with van der Waals surface area (Å²) in [5.74, 6) is -0.00440. The first-order valence-corrected chi connectivity index (χ1v) is 8.12. The van der Waals surface area contributed by atoms with E-state index in [1.807, 2.05) is 0 Å². The first-order chi connectivity index (χ1) is 13.5. The number of halogens is 1. The van der Waals surface area contributed by atoms with Gasteiger partial charge < -0.3 is 10.1 Å². The van der Waals surface area contributed by atoms with Gasteiger partial charge in [-0.25, -0.2) is 9.37 Å². The molecule has 0 bridgehead atoms. The normalized spacial score (nSPS) is 10.6. The highest BCUT2D eigenvalue weighted by Crippen LogP contribution is 2.20. The van der Waals surface area contributed by atoms with Crippen LogP contribution in [0.5, 0.6) is 11.6 Å². The zero-order valence-corrected chi connectivity index (χ0v) is 14.4. The summed E-state index contributed by atoms with van der Waals surface area (Å²) >= 11 is 0. The lowest BCUT2D eigenvalue weighted by Crippen LogP contribution is -2.07. The summed E-state index contributed by atoms with van der Waals surface area (Å²) in [7, 11) is 0. The molecule has 0 unspecified atom stereocenters. The molecule has 1 aromatic heterocycles. The summed E-state index contributed by atoms with van der Waals surface area (Å²) in [6.07, 6.45) is 4.28. The number of carbonyl (C=O) groups excluding carboxylic acids is 1. The molecule has 3 aromatic rings. The van der Waals surface area contributed by atoms with Crippen LogP contribution in [0.2, 0.25) is 0 Å². The molecule has 3 rings (SSSR count). The SMILES string of the molecule is O=C(/C=C/c1ccc([N+](=O)[O-])cc1)Nc1ccc(Oc2ccc(F)cc2)nc1. The average molecular weight is 379 g/mol. The third kappa shape index (κ3) is 5.21. The van der Waals surface area contributed by atoms with Crippen molar-refractivity contribution >= 4 is 23.4 Å². The van der Waals surface area contributed by atoms with Crippen molar-refractivity contribution < 1.29 is 18.8 Å². The summed E-state index contributed by atoms with van der Waals surface area (Å²) in [5, 5.41) is 13.3. The molecule has 1 N–H and O–H groups in total. The molecule has 8 heteroatoms. The van der Waals surface area contributed by atoms with Gasteiger partial charge in [0.1, 0.15) is 11.6 Å². The van der Waals surface area contributed by atoms with Crippen molar-refractivity contribution in [2.75, 3.05) is 5.32 Å². The molecule has 0 aliphatic carbocycles. The number of pyridine rings is 1. The minimum Gasteiger partial charge on any atom is -0.439 e. The van der Waals surface area contributed by atoms with Gasteiger partial charge in [-0.1, -0.05) is 0 Å². The van der Waals surface area contributed by atoms with E-state index >= 15 is 0 Å². The van der Waals surface area contributed by atoms with Gasteiger partial charge in [-0.05, 0) is 54.1 Å². The molecule has 0 spiro atoms. The standard InChI is InChI=1S/C20H14FN3O4/c21-15-4-9-18(10-5-15)28-20-12-6-16(13-22-20)23-19(25)11-3-14-1-7-17(8-2-14)24(26)27/h1-13H,(H,23,25)/b11-3+. The molecule has 1 amide bonds. The summed E-state index contributed by atoms with van der Waals surface area (Å²) in [6.45, 7) is 0. The topological polar surface area (TPSA) is 94.4 Å². The molecule has 1 heterocycles. The summed E-state index contributed by atoms with van der Waals surface area (Å²) < 4.78 is 18.3. The summed E-state index contributed by atoms with van der Waals surface area (Å²) in [4.78, 5) is 26.2. The second-order valence-corrected chi connectivity index (χ2v) is 5.61. The third-order valence-corrected chi connectivity index (χ3v) is 3.57. The van der Waals surface area contributed by atoms with Crippen molar-refractivity contribution in [2.45, 2.75) is 0 Å². The number of nitro groups is 1. The maximum Gasteiger partial charge on any atom is 0.269 e. The Balaban J connectivity index is 1.56. The number of nitrogens with zero attached hydrogens (tertiary/aromatic N) is 2. The quantitative estimate of drug-likeness (QED) is 0.384. The maximum atomic E-state index is 12.9. The van der Waals surface area contributed by atoms with E-state index in [0.717, 1.165) is 0 Å². The van der Waals surface area contributed by atoms with Crippen molar-refractivity contribution in [3.63, 3.8) is 0 Å². The van der Waals surface area contributed by atoms with Crippen molar-refractivity contribution in [1.29, 1.82) is 0 Å². The minimum absolute atomic E-state index is 0.0179. The lowest BCUT2D eigenvalue weighted by molar-refractivity contribution is -0.384. The average Bonchev–Trinajstić information content (AvgIpc) is 2.70. The van der Waals surface area contributed by atoms with E-state index in [1.54, 1.807) is 30.3 Å². The highest BCUT2D eigenvalue weighted by molar-refractivity contribution is 6.01. The van der Waals surface area contributed by atoms with Crippen molar-refractivity contribution in [3.05, 3.63) is 94.4 Å². The van der Waals surface area contributed by atoms with Gasteiger partial charge >= 0.3 is 0 Å². The predicted molar refractivity (Wildman–Crippen MR) is 101 cm³/mol. The van der Waals surface area contributed by atoms with Crippen LogP contribution in [-0.2, 0) is 4.79 Å². The van der Waals surface area contributed by atoms with E-state index in [-0.39, 0.29) is 17.4 Å². The molecule has 0 saturated heterocycles. The largest absolute Gasteiger partial charge is 0.439 e. The first-order valence-electron chi connectivity index (χ1n) is 8.12. The Kier molecular flexibility index (Phi) is 5.71. The van der Waals surface area contributed by atoms with Gasteiger partial charge in [0, 0.05) is 24.3 Å². The van der Waals surface area contributed by atoms with Crippen LogP contribution in [0.4, 0.5) is 15.8 Å². The van der Waals surface area contributed by atoms with E-state index in [9.17, 15) is 19.3 Å². The van der Waals surface area contributed by atoms with E-state index in [2.05, 4.69) is 10.3 Å². The molecular weight excluding hydrogens is 365 g/mol. The van der Waals surface area contributed by atoms with E-state index < -0.39 is 4.92 Å². The second kappa shape index (κ2) is 8.54. The fourth-order valence-corrected chi connectivity index (χ4v) is 2.20. The van der Waals surface area contributed by atoms with Gasteiger partial charge in [0.05, 0.1) is 16.8 Å². The number of ether oxygens (including phenoxy) is 1. The van der Waals surface area contributed by atoms with Crippen LogP contribution in [0, 0.1) is 15.9 Å². The van der Waals surface area contributed by atoms with Crippen molar-refractivity contribution in [3.8, 4) is 11.6 Å². The van der Waals surface area contributed by atoms with Crippen LogP contribution in [0.15, 0.2) is 72.9 Å². The van der Waals surface area contributed by atoms with Gasteiger partial charge in [0.15, 0.2) is 0 Å². The zero-order valence-electron chi connectivity index (χ0n) is 14.4. The molecule has 0 aliphatic heterocycles. The number of nitro benzene ring substituents is 1. The fourth-order valence-electron chi connectivity index (χ4n) is 2.20. The number of carbonyl (C=O) groups is 1. The van der Waals surface area contributed by atoms with Crippen LogP contribution >= 0.6 is 0 Å². The Labute approximate surface area is 159 Å². The van der Waals surface area contributed by atoms with Gasteiger partial charge in [-0.2, -0.15) is 0 Å². The highest BCUT2D eigenvalue weighted by Gasteiger charge is 2.04. The molecule has 0 saturated carbocycles. The Morgan fingerprint density at radius 3 is 2.39 bits per heavy atom. The Bertz CT molecular complexity index is 1000. The summed E-state index contributed by atoms with van der Waals surface area (Å²) in [6, 6.07) is 14.5. The second-order valence-electron chi connectivity index (χ2n) is 5.61. The Hall–Kier alpha value is -4.07. The van der Waals surface area contributed by atoms with Gasteiger partial charge in [0.25, 0.3) is 5.69 Å². The Morgan fingerprint density at radius 2 is 1.79 bits per heavy atom. The number of non-ortho nitro benzene ring substituents is 1. The molecule has 0 radical (unpaired) electrons. The lowest BCUT2D eigenvalue weighted by Gasteiger charge is -2.06. The third-order valence-electron chi connectivity index (χ3n) is 3.57. The number of amides is 1. The number of nitrogens with one attached hydrogen (secondary N) is 1. The molecule has 0 aliphatic rings. The number of rotatable bonds is 6. The van der Waals surface area contributed by atoms with Crippen molar-refractivity contribution in [1.82, 2.24) is 4.98 Å². The first kappa shape index (κ1) is 18.7. The summed E-state index contributed by atoms with van der Waals surface area (Å²) in [5.41, 5.74) is 1.10. The van der Waals surface area contributed by atoms with Gasteiger partial charge in [-0.15, -0.1) is 0 Å². The Morgan fingerprint density at radius 1 is 1.07 bits per heavy atom. The van der Waals surface area contributed by atoms with Gasteiger partial charge in [0.2, 0.25) is 11.8 Å². The number of benzene rings is 2.